The van der Waals surface area contributed by atoms with Crippen LogP contribution in [0.4, 0.5) is 0 Å². The van der Waals surface area contributed by atoms with Gasteiger partial charge in [-0.05, 0) is 32.2 Å². The maximum Gasteiger partial charge on any atom is 0.0538 e. The van der Waals surface area contributed by atoms with Gasteiger partial charge in [0.2, 0.25) is 0 Å². The fourth-order valence-corrected chi connectivity index (χ4v) is 3.41. The molecule has 4 nitrogen and oxygen atoms in total. The zero-order valence-corrected chi connectivity index (χ0v) is 13.1. The van der Waals surface area contributed by atoms with E-state index in [9.17, 15) is 0 Å². The summed E-state index contributed by atoms with van der Waals surface area (Å²) in [7, 11) is 0. The van der Waals surface area contributed by atoms with Crippen molar-refractivity contribution in [2.24, 2.45) is 5.73 Å². The molecule has 0 amide bonds. The lowest BCUT2D eigenvalue weighted by Gasteiger charge is -2.35. The minimum atomic E-state index is 0.337. The molecule has 0 saturated carbocycles. The molecule has 2 unspecified atom stereocenters. The number of hydrogen-bond donors (Lipinski definition) is 1. The summed E-state index contributed by atoms with van der Waals surface area (Å²) < 4.78 is 2.05. The quantitative estimate of drug-likeness (QED) is 0.870. The van der Waals surface area contributed by atoms with Gasteiger partial charge in [0.15, 0.2) is 0 Å². The first kappa shape index (κ1) is 15.5. The Balaban J connectivity index is 2.15. The van der Waals surface area contributed by atoms with Crippen molar-refractivity contribution in [1.82, 2.24) is 14.7 Å². The highest BCUT2D eigenvalue weighted by Gasteiger charge is 2.27. The van der Waals surface area contributed by atoms with Gasteiger partial charge >= 0.3 is 0 Å². The van der Waals surface area contributed by atoms with Crippen LogP contribution in [0.3, 0.4) is 0 Å². The van der Waals surface area contributed by atoms with E-state index in [1.54, 1.807) is 0 Å². The molecule has 0 aliphatic carbocycles. The number of hydrogen-bond acceptors (Lipinski definition) is 3. The van der Waals surface area contributed by atoms with Gasteiger partial charge in [-0.15, -0.1) is 0 Å². The summed E-state index contributed by atoms with van der Waals surface area (Å²) in [6.45, 7) is 7.35. The first-order valence-electron chi connectivity index (χ1n) is 8.28. The summed E-state index contributed by atoms with van der Waals surface area (Å²) in [5.41, 5.74) is 7.40. The molecule has 1 aliphatic heterocycles. The average Bonchev–Trinajstić information content (AvgIpc) is 2.78. The van der Waals surface area contributed by atoms with Crippen molar-refractivity contribution in [2.45, 2.75) is 71.0 Å². The van der Waals surface area contributed by atoms with E-state index in [1.807, 2.05) is 6.20 Å². The number of nitrogens with zero attached hydrogens (tertiary/aromatic N) is 3. The van der Waals surface area contributed by atoms with Gasteiger partial charge in [-0.2, -0.15) is 5.10 Å². The van der Waals surface area contributed by atoms with Crippen molar-refractivity contribution in [3.63, 3.8) is 0 Å². The molecule has 114 valence electrons. The summed E-state index contributed by atoms with van der Waals surface area (Å²) >= 11 is 0. The van der Waals surface area contributed by atoms with Gasteiger partial charge in [0.1, 0.15) is 0 Å². The van der Waals surface area contributed by atoms with Gasteiger partial charge < -0.3 is 5.73 Å². The SMILES string of the molecule is CCCn1cc(C(CN)N2CCCCCC2CC)cn1. The summed E-state index contributed by atoms with van der Waals surface area (Å²) in [4.78, 5) is 2.64. The largest absolute Gasteiger partial charge is 0.329 e. The maximum atomic E-state index is 6.11. The molecule has 2 heterocycles. The third kappa shape index (κ3) is 3.61. The molecular formula is C16H30N4. The van der Waals surface area contributed by atoms with Crippen LogP contribution < -0.4 is 5.73 Å². The molecule has 2 atom stereocenters. The molecule has 1 saturated heterocycles. The third-order valence-electron chi connectivity index (χ3n) is 4.51. The van der Waals surface area contributed by atoms with Crippen LogP contribution in [-0.4, -0.2) is 33.8 Å². The highest BCUT2D eigenvalue weighted by molar-refractivity contribution is 5.12. The van der Waals surface area contributed by atoms with Gasteiger partial charge in [0.05, 0.1) is 12.2 Å². The van der Waals surface area contributed by atoms with Crippen LogP contribution in [0.15, 0.2) is 12.4 Å². The number of aromatic nitrogens is 2. The Kier molecular flexibility index (Phi) is 6.05. The molecule has 20 heavy (non-hydrogen) atoms. The Bertz CT molecular complexity index is 388. The Labute approximate surface area is 123 Å². The zero-order chi connectivity index (χ0) is 14.4. The smallest absolute Gasteiger partial charge is 0.0538 e. The average molecular weight is 278 g/mol. The maximum absolute atomic E-state index is 6.11. The molecule has 2 rings (SSSR count). The number of nitrogens with two attached hydrogens (primary N) is 1. The summed E-state index contributed by atoms with van der Waals surface area (Å²) in [6.07, 6.45) is 11.9. The van der Waals surface area contributed by atoms with Crippen LogP contribution in [-0.2, 0) is 6.54 Å². The Hall–Kier alpha value is -0.870. The molecule has 2 N–H and O–H groups in total. The van der Waals surface area contributed by atoms with E-state index in [0.29, 0.717) is 18.6 Å². The summed E-state index contributed by atoms with van der Waals surface area (Å²) in [5, 5.41) is 4.48. The fourth-order valence-electron chi connectivity index (χ4n) is 3.41. The highest BCUT2D eigenvalue weighted by Crippen LogP contribution is 2.28. The van der Waals surface area contributed by atoms with Crippen LogP contribution in [0.2, 0.25) is 0 Å². The minimum absolute atomic E-state index is 0.337. The van der Waals surface area contributed by atoms with Crippen molar-refractivity contribution in [3.05, 3.63) is 18.0 Å². The van der Waals surface area contributed by atoms with Gasteiger partial charge in [-0.25, -0.2) is 0 Å². The van der Waals surface area contributed by atoms with E-state index < -0.39 is 0 Å². The van der Waals surface area contributed by atoms with E-state index in [-0.39, 0.29) is 0 Å². The Morgan fingerprint density at radius 1 is 1.35 bits per heavy atom. The lowest BCUT2D eigenvalue weighted by molar-refractivity contribution is 0.136. The topological polar surface area (TPSA) is 47.1 Å². The van der Waals surface area contributed by atoms with Crippen molar-refractivity contribution < 1.29 is 0 Å². The summed E-state index contributed by atoms with van der Waals surface area (Å²) in [5.74, 6) is 0. The normalized spacial score (nSPS) is 22.6. The zero-order valence-electron chi connectivity index (χ0n) is 13.1. The lowest BCUT2D eigenvalue weighted by atomic mass is 10.0. The predicted molar refractivity (Wildman–Crippen MR) is 83.6 cm³/mol. The molecule has 0 spiro atoms. The molecule has 1 aliphatic rings. The first-order chi connectivity index (χ1) is 9.80. The van der Waals surface area contributed by atoms with E-state index in [1.165, 1.54) is 44.2 Å². The third-order valence-corrected chi connectivity index (χ3v) is 4.51. The van der Waals surface area contributed by atoms with E-state index >= 15 is 0 Å². The van der Waals surface area contributed by atoms with E-state index in [4.69, 9.17) is 5.73 Å². The molecule has 1 aromatic rings. The number of likely N-dealkylation sites (tertiary alicyclic amines) is 1. The predicted octanol–water partition coefficient (Wildman–Crippen LogP) is 2.95. The number of aryl methyl sites for hydroxylation is 1. The second-order valence-electron chi connectivity index (χ2n) is 5.94. The molecule has 0 radical (unpaired) electrons. The number of rotatable bonds is 6. The van der Waals surface area contributed by atoms with Crippen LogP contribution in [0, 0.1) is 0 Å². The van der Waals surface area contributed by atoms with Crippen molar-refractivity contribution in [2.75, 3.05) is 13.1 Å². The molecule has 1 aromatic heterocycles. The van der Waals surface area contributed by atoms with Gasteiger partial charge in [-0.1, -0.05) is 26.7 Å². The van der Waals surface area contributed by atoms with E-state index in [0.717, 1.165) is 13.0 Å². The van der Waals surface area contributed by atoms with E-state index in [2.05, 4.69) is 34.7 Å². The first-order valence-corrected chi connectivity index (χ1v) is 8.28. The Morgan fingerprint density at radius 2 is 2.20 bits per heavy atom. The standard InChI is InChI=1S/C16H30N4/c1-3-9-19-13-14(12-18-19)16(11-17)20-10-7-5-6-8-15(20)4-2/h12-13,15-16H,3-11,17H2,1-2H3. The van der Waals surface area contributed by atoms with Gasteiger partial charge in [0, 0.05) is 30.9 Å². The van der Waals surface area contributed by atoms with Crippen LogP contribution >= 0.6 is 0 Å². The molecule has 0 bridgehead atoms. The molecule has 0 aromatic carbocycles. The second-order valence-corrected chi connectivity index (χ2v) is 5.94. The second kappa shape index (κ2) is 7.79. The fraction of sp³-hybridized carbons (Fsp3) is 0.812. The van der Waals surface area contributed by atoms with Gasteiger partial charge in [-0.3, -0.25) is 9.58 Å². The monoisotopic (exact) mass is 278 g/mol. The molecule has 4 heteroatoms. The summed E-state index contributed by atoms with van der Waals surface area (Å²) in [6, 6.07) is 1.02. The highest BCUT2D eigenvalue weighted by atomic mass is 15.3. The Morgan fingerprint density at radius 3 is 2.90 bits per heavy atom. The van der Waals surface area contributed by atoms with Crippen LogP contribution in [0.5, 0.6) is 0 Å². The molecular weight excluding hydrogens is 248 g/mol. The van der Waals surface area contributed by atoms with Crippen molar-refractivity contribution in [3.8, 4) is 0 Å². The minimum Gasteiger partial charge on any atom is -0.329 e. The van der Waals surface area contributed by atoms with Crippen LogP contribution in [0.1, 0.15) is 64.0 Å². The van der Waals surface area contributed by atoms with Crippen molar-refractivity contribution in [1.29, 1.82) is 0 Å². The molecule has 1 fully saturated rings. The lowest BCUT2D eigenvalue weighted by Crippen LogP contribution is -2.40. The van der Waals surface area contributed by atoms with Crippen LogP contribution in [0.25, 0.3) is 0 Å². The van der Waals surface area contributed by atoms with Gasteiger partial charge in [0.25, 0.3) is 0 Å². The van der Waals surface area contributed by atoms with Crippen molar-refractivity contribution >= 4 is 0 Å².